The molecule has 3 atom stereocenters. The Kier molecular flexibility index (Phi) is 4.02. The average molecular weight is 268 g/mol. The van der Waals surface area contributed by atoms with E-state index < -0.39 is 11.4 Å². The summed E-state index contributed by atoms with van der Waals surface area (Å²) in [6.07, 6.45) is 5.79. The summed E-state index contributed by atoms with van der Waals surface area (Å²) in [6, 6.07) is -0.337. The summed E-state index contributed by atoms with van der Waals surface area (Å²) in [6.45, 7) is 3.73. The van der Waals surface area contributed by atoms with Gasteiger partial charge in [0.25, 0.3) is 0 Å². The van der Waals surface area contributed by atoms with Gasteiger partial charge in [-0.05, 0) is 39.0 Å². The molecule has 5 nitrogen and oxygen atoms in total. The molecule has 0 aromatic carbocycles. The Morgan fingerprint density at radius 1 is 1.37 bits per heavy atom. The number of carbonyl (C=O) groups is 2. The SMILES string of the molecule is CC(CC1CC1)NC(=O)NC1CCCC1(C)C(=O)O. The maximum absolute atomic E-state index is 11.9. The lowest BCUT2D eigenvalue weighted by molar-refractivity contribution is -0.148. The van der Waals surface area contributed by atoms with Crippen LogP contribution in [0.1, 0.15) is 52.4 Å². The fourth-order valence-corrected chi connectivity index (χ4v) is 2.99. The molecule has 19 heavy (non-hydrogen) atoms. The van der Waals surface area contributed by atoms with Crippen LogP contribution in [0.25, 0.3) is 0 Å². The van der Waals surface area contributed by atoms with Crippen LogP contribution < -0.4 is 10.6 Å². The van der Waals surface area contributed by atoms with Crippen molar-refractivity contribution < 1.29 is 14.7 Å². The maximum atomic E-state index is 11.9. The van der Waals surface area contributed by atoms with Crippen LogP contribution in [-0.2, 0) is 4.79 Å². The van der Waals surface area contributed by atoms with Gasteiger partial charge in [0.15, 0.2) is 0 Å². The number of aliphatic carboxylic acids is 1. The van der Waals surface area contributed by atoms with Crippen LogP contribution in [0, 0.1) is 11.3 Å². The Balaban J connectivity index is 1.82. The van der Waals surface area contributed by atoms with Crippen molar-refractivity contribution in [3.05, 3.63) is 0 Å². The number of carbonyl (C=O) groups excluding carboxylic acids is 1. The summed E-state index contributed by atoms with van der Waals surface area (Å²) in [5, 5.41) is 15.0. The monoisotopic (exact) mass is 268 g/mol. The van der Waals surface area contributed by atoms with Gasteiger partial charge in [-0.2, -0.15) is 0 Å². The molecule has 0 radical (unpaired) electrons. The van der Waals surface area contributed by atoms with E-state index in [0.29, 0.717) is 6.42 Å². The van der Waals surface area contributed by atoms with E-state index in [0.717, 1.165) is 25.2 Å². The normalized spacial score (nSPS) is 31.8. The first-order chi connectivity index (χ1) is 8.91. The van der Waals surface area contributed by atoms with Crippen LogP contribution in [0.4, 0.5) is 4.79 Å². The summed E-state index contributed by atoms with van der Waals surface area (Å²) in [5.74, 6) is -0.0487. The first kappa shape index (κ1) is 14.2. The van der Waals surface area contributed by atoms with E-state index in [1.54, 1.807) is 6.92 Å². The van der Waals surface area contributed by atoms with Crippen molar-refractivity contribution in [3.63, 3.8) is 0 Å². The Hall–Kier alpha value is -1.26. The van der Waals surface area contributed by atoms with E-state index in [1.807, 2.05) is 6.92 Å². The zero-order valence-electron chi connectivity index (χ0n) is 11.7. The van der Waals surface area contributed by atoms with Crippen LogP contribution in [0.15, 0.2) is 0 Å². The van der Waals surface area contributed by atoms with Gasteiger partial charge in [0.2, 0.25) is 0 Å². The average Bonchev–Trinajstić information content (AvgIpc) is 3.03. The molecule has 0 aromatic heterocycles. The molecule has 0 bridgehead atoms. The lowest BCUT2D eigenvalue weighted by Crippen LogP contribution is -2.51. The van der Waals surface area contributed by atoms with Crippen LogP contribution in [0.2, 0.25) is 0 Å². The molecule has 3 unspecified atom stereocenters. The minimum atomic E-state index is -0.822. The van der Waals surface area contributed by atoms with Crippen LogP contribution >= 0.6 is 0 Å². The lowest BCUT2D eigenvalue weighted by atomic mass is 9.85. The van der Waals surface area contributed by atoms with Gasteiger partial charge < -0.3 is 15.7 Å². The molecule has 2 amide bonds. The minimum absolute atomic E-state index is 0.157. The molecule has 0 saturated heterocycles. The fourth-order valence-electron chi connectivity index (χ4n) is 2.99. The van der Waals surface area contributed by atoms with E-state index in [-0.39, 0.29) is 18.1 Å². The molecule has 2 rings (SSSR count). The van der Waals surface area contributed by atoms with Crippen LogP contribution in [0.5, 0.6) is 0 Å². The number of hydrogen-bond acceptors (Lipinski definition) is 2. The number of carboxylic acids is 1. The highest BCUT2D eigenvalue weighted by Crippen LogP contribution is 2.38. The zero-order chi connectivity index (χ0) is 14.0. The Morgan fingerprint density at radius 2 is 2.05 bits per heavy atom. The summed E-state index contributed by atoms with van der Waals surface area (Å²) >= 11 is 0. The van der Waals surface area contributed by atoms with E-state index in [4.69, 9.17) is 0 Å². The second kappa shape index (κ2) is 5.39. The second-order valence-electron chi connectivity index (χ2n) is 6.37. The largest absolute Gasteiger partial charge is 0.481 e. The van der Waals surface area contributed by atoms with Gasteiger partial charge in [-0.25, -0.2) is 4.79 Å². The highest BCUT2D eigenvalue weighted by Gasteiger charge is 2.46. The molecule has 0 aliphatic heterocycles. The number of carboxylic acid groups (broad SMARTS) is 1. The lowest BCUT2D eigenvalue weighted by Gasteiger charge is -2.28. The van der Waals surface area contributed by atoms with Crippen LogP contribution in [-0.4, -0.2) is 29.2 Å². The Bertz CT molecular complexity index is 368. The van der Waals surface area contributed by atoms with Gasteiger partial charge in [-0.3, -0.25) is 4.79 Å². The Labute approximate surface area is 114 Å². The third-order valence-corrected chi connectivity index (χ3v) is 4.51. The second-order valence-corrected chi connectivity index (χ2v) is 6.37. The molecule has 5 heteroatoms. The third-order valence-electron chi connectivity index (χ3n) is 4.51. The van der Waals surface area contributed by atoms with E-state index in [2.05, 4.69) is 10.6 Å². The molecule has 3 N–H and O–H groups in total. The highest BCUT2D eigenvalue weighted by atomic mass is 16.4. The van der Waals surface area contributed by atoms with Crippen molar-refractivity contribution in [3.8, 4) is 0 Å². The maximum Gasteiger partial charge on any atom is 0.315 e. The van der Waals surface area contributed by atoms with E-state index >= 15 is 0 Å². The number of rotatable bonds is 5. The molecule has 0 spiro atoms. The summed E-state index contributed by atoms with van der Waals surface area (Å²) < 4.78 is 0. The zero-order valence-corrected chi connectivity index (χ0v) is 11.7. The van der Waals surface area contributed by atoms with Gasteiger partial charge in [-0.1, -0.05) is 19.3 Å². The molecular weight excluding hydrogens is 244 g/mol. The first-order valence-electron chi connectivity index (χ1n) is 7.22. The summed E-state index contributed by atoms with van der Waals surface area (Å²) in [4.78, 5) is 23.2. The van der Waals surface area contributed by atoms with Crippen molar-refractivity contribution in [2.45, 2.75) is 64.5 Å². The summed E-state index contributed by atoms with van der Waals surface area (Å²) in [5.41, 5.74) is -0.822. The predicted octanol–water partition coefficient (Wildman–Crippen LogP) is 2.12. The van der Waals surface area contributed by atoms with Crippen molar-refractivity contribution >= 4 is 12.0 Å². The minimum Gasteiger partial charge on any atom is -0.481 e. The first-order valence-corrected chi connectivity index (χ1v) is 7.22. The molecule has 108 valence electrons. The predicted molar refractivity (Wildman–Crippen MR) is 71.9 cm³/mol. The van der Waals surface area contributed by atoms with Gasteiger partial charge in [0.05, 0.1) is 5.41 Å². The quantitative estimate of drug-likeness (QED) is 0.714. The standard InChI is InChI=1S/C14H24N2O3/c1-9(8-10-5-6-10)15-13(19)16-11-4-3-7-14(11,2)12(17)18/h9-11H,3-8H2,1-2H3,(H,17,18)(H2,15,16,19). The van der Waals surface area contributed by atoms with Crippen molar-refractivity contribution in [1.82, 2.24) is 10.6 Å². The van der Waals surface area contributed by atoms with Gasteiger partial charge in [0.1, 0.15) is 0 Å². The highest BCUT2D eigenvalue weighted by molar-refractivity contribution is 5.79. The van der Waals surface area contributed by atoms with E-state index in [9.17, 15) is 14.7 Å². The fraction of sp³-hybridized carbons (Fsp3) is 0.857. The molecular formula is C14H24N2O3. The molecule has 0 aromatic rings. The molecule has 2 saturated carbocycles. The number of amides is 2. The van der Waals surface area contributed by atoms with Gasteiger partial charge in [-0.15, -0.1) is 0 Å². The number of hydrogen-bond donors (Lipinski definition) is 3. The Morgan fingerprint density at radius 3 is 2.63 bits per heavy atom. The van der Waals surface area contributed by atoms with Crippen molar-refractivity contribution in [2.75, 3.05) is 0 Å². The molecule has 2 fully saturated rings. The van der Waals surface area contributed by atoms with Crippen molar-refractivity contribution in [1.29, 1.82) is 0 Å². The smallest absolute Gasteiger partial charge is 0.315 e. The van der Waals surface area contributed by atoms with E-state index in [1.165, 1.54) is 12.8 Å². The van der Waals surface area contributed by atoms with Crippen LogP contribution in [0.3, 0.4) is 0 Å². The molecule has 2 aliphatic carbocycles. The number of urea groups is 1. The topological polar surface area (TPSA) is 78.4 Å². The third kappa shape index (κ3) is 3.39. The summed E-state index contributed by atoms with van der Waals surface area (Å²) in [7, 11) is 0. The number of nitrogens with one attached hydrogen (secondary N) is 2. The van der Waals surface area contributed by atoms with Gasteiger partial charge in [0, 0.05) is 12.1 Å². The molecule has 0 heterocycles. The van der Waals surface area contributed by atoms with Gasteiger partial charge >= 0.3 is 12.0 Å². The van der Waals surface area contributed by atoms with Crippen molar-refractivity contribution in [2.24, 2.45) is 11.3 Å². The molecule has 2 aliphatic rings.